The molecule has 0 bridgehead atoms. The number of rotatable bonds is 12. The number of aliphatic carboxylic acids is 1. The minimum Gasteiger partial charge on any atom is -0.480 e. The van der Waals surface area contributed by atoms with E-state index in [4.69, 9.17) is 10.8 Å². The van der Waals surface area contributed by atoms with E-state index in [-0.39, 0.29) is 11.8 Å². The Morgan fingerprint density at radius 2 is 1.50 bits per heavy atom. The number of unbranched alkanes of at least 4 members (excludes halogenated alkanes) is 3. The summed E-state index contributed by atoms with van der Waals surface area (Å²) >= 11 is 0. The zero-order chi connectivity index (χ0) is 17.4. The number of hydrogen-bond donors (Lipinski definition) is 4. The van der Waals surface area contributed by atoms with Gasteiger partial charge in [-0.3, -0.25) is 9.59 Å². The van der Waals surface area contributed by atoms with Crippen molar-refractivity contribution in [3.63, 3.8) is 0 Å². The molecule has 22 heavy (non-hydrogen) atoms. The first-order valence-electron chi connectivity index (χ1n) is 8.22. The predicted octanol–water partition coefficient (Wildman–Crippen LogP) is 1.53. The first kappa shape index (κ1) is 23.3. The summed E-state index contributed by atoms with van der Waals surface area (Å²) in [4.78, 5) is 21.3. The van der Waals surface area contributed by atoms with Crippen molar-refractivity contribution in [3.05, 3.63) is 0 Å². The Bertz CT molecular complexity index is 258. The molecule has 0 heterocycles. The van der Waals surface area contributed by atoms with Gasteiger partial charge in [0.05, 0.1) is 6.04 Å². The highest BCUT2D eigenvalue weighted by Gasteiger charge is 2.12. The van der Waals surface area contributed by atoms with E-state index in [9.17, 15) is 9.59 Å². The third-order valence-electron chi connectivity index (χ3n) is 3.53. The van der Waals surface area contributed by atoms with Gasteiger partial charge in [-0.1, -0.05) is 32.6 Å². The molecular weight excluding hydrogens is 282 g/mol. The highest BCUT2D eigenvalue weighted by Crippen LogP contribution is 2.03. The molecule has 0 aromatic rings. The van der Waals surface area contributed by atoms with Crippen LogP contribution >= 0.6 is 0 Å². The topological polar surface area (TPSA) is 104 Å². The summed E-state index contributed by atoms with van der Waals surface area (Å²) in [5, 5.41) is 14.3. The summed E-state index contributed by atoms with van der Waals surface area (Å²) in [5.41, 5.74) is 5.26. The third-order valence-corrected chi connectivity index (χ3v) is 3.53. The Morgan fingerprint density at radius 3 is 1.86 bits per heavy atom. The number of ketones is 1. The van der Waals surface area contributed by atoms with E-state index in [0.29, 0.717) is 13.0 Å². The molecule has 0 aromatic heterocycles. The molecule has 0 aliphatic heterocycles. The average molecular weight is 317 g/mol. The Balaban J connectivity index is 0. The number of hydrogen-bond acceptors (Lipinski definition) is 5. The van der Waals surface area contributed by atoms with Crippen molar-refractivity contribution in [2.24, 2.45) is 5.73 Å². The maximum Gasteiger partial charge on any atom is 0.320 e. The normalized spacial score (nSPS) is 13.0. The summed E-state index contributed by atoms with van der Waals surface area (Å²) in [5.74, 6) is -0.534. The summed E-state index contributed by atoms with van der Waals surface area (Å²) in [7, 11) is 3.50. The lowest BCUT2D eigenvalue weighted by atomic mass is 10.1. The lowest BCUT2D eigenvalue weighted by Crippen LogP contribution is -2.33. The van der Waals surface area contributed by atoms with Gasteiger partial charge in [0.15, 0.2) is 0 Å². The van der Waals surface area contributed by atoms with E-state index in [2.05, 4.69) is 17.6 Å². The molecule has 0 saturated carbocycles. The molecule has 132 valence electrons. The van der Waals surface area contributed by atoms with E-state index >= 15 is 0 Å². The Labute approximate surface area is 135 Å². The number of carbonyl (C=O) groups excluding carboxylic acids is 1. The second kappa shape index (κ2) is 16.4. The van der Waals surface area contributed by atoms with Crippen molar-refractivity contribution in [2.45, 2.75) is 70.9 Å². The van der Waals surface area contributed by atoms with Gasteiger partial charge in [-0.15, -0.1) is 0 Å². The summed E-state index contributed by atoms with van der Waals surface area (Å²) in [6.45, 7) is 4.45. The van der Waals surface area contributed by atoms with Gasteiger partial charge < -0.3 is 21.5 Å². The molecule has 0 radical (unpaired) electrons. The Morgan fingerprint density at radius 1 is 1.00 bits per heavy atom. The lowest BCUT2D eigenvalue weighted by molar-refractivity contribution is -0.139. The van der Waals surface area contributed by atoms with Crippen molar-refractivity contribution < 1.29 is 14.7 Å². The lowest BCUT2D eigenvalue weighted by Gasteiger charge is -2.11. The monoisotopic (exact) mass is 317 g/mol. The Kier molecular flexibility index (Phi) is 17.4. The maximum atomic E-state index is 10.9. The molecule has 0 fully saturated rings. The first-order valence-corrected chi connectivity index (χ1v) is 8.22. The highest BCUT2D eigenvalue weighted by molar-refractivity contribution is 5.81. The van der Waals surface area contributed by atoms with Gasteiger partial charge in [0, 0.05) is 0 Å². The van der Waals surface area contributed by atoms with E-state index in [1.54, 1.807) is 14.0 Å². The van der Waals surface area contributed by atoms with Crippen LogP contribution in [0.1, 0.15) is 58.8 Å². The minimum absolute atomic E-state index is 0.0848. The molecule has 6 heteroatoms. The van der Waals surface area contributed by atoms with Crippen LogP contribution in [0.2, 0.25) is 0 Å². The number of likely N-dealkylation sites (N-methyl/N-ethyl adjacent to an activating group) is 2. The second-order valence-corrected chi connectivity index (χ2v) is 5.41. The molecule has 2 unspecified atom stereocenters. The predicted molar refractivity (Wildman–Crippen MR) is 91.1 cm³/mol. The Hall–Kier alpha value is -0.980. The summed E-state index contributed by atoms with van der Waals surface area (Å²) < 4.78 is 0. The molecule has 0 amide bonds. The average Bonchev–Trinajstić information content (AvgIpc) is 2.48. The number of carboxylic acids is 1. The van der Waals surface area contributed by atoms with E-state index in [1.165, 1.54) is 12.8 Å². The van der Waals surface area contributed by atoms with Gasteiger partial charge in [0.2, 0.25) is 0 Å². The number of Topliss-reactive ketones (excluding diaryl/α,β-unsaturated/α-hetero) is 1. The molecule has 0 rings (SSSR count). The quantitative estimate of drug-likeness (QED) is 0.407. The van der Waals surface area contributed by atoms with Crippen LogP contribution in [0.5, 0.6) is 0 Å². The number of carboxylic acid groups (broad SMARTS) is 1. The minimum atomic E-state index is -0.787. The van der Waals surface area contributed by atoms with Gasteiger partial charge in [0.1, 0.15) is 11.8 Å². The fourth-order valence-electron chi connectivity index (χ4n) is 2.03. The van der Waals surface area contributed by atoms with Gasteiger partial charge in [-0.25, -0.2) is 0 Å². The fraction of sp³-hybridized carbons (Fsp3) is 0.875. The summed E-state index contributed by atoms with van der Waals surface area (Å²) in [6, 6.07) is -0.330. The molecule has 0 aliphatic carbocycles. The molecule has 2 atom stereocenters. The molecule has 0 aliphatic rings. The van der Waals surface area contributed by atoms with Crippen LogP contribution in [0.15, 0.2) is 0 Å². The van der Waals surface area contributed by atoms with Crippen molar-refractivity contribution >= 4 is 11.8 Å². The van der Waals surface area contributed by atoms with Gasteiger partial charge in [0.25, 0.3) is 0 Å². The first-order chi connectivity index (χ1) is 10.4. The van der Waals surface area contributed by atoms with Gasteiger partial charge in [-0.2, -0.15) is 0 Å². The number of nitrogens with one attached hydrogen (secondary N) is 2. The van der Waals surface area contributed by atoms with Crippen molar-refractivity contribution in [1.29, 1.82) is 0 Å². The van der Waals surface area contributed by atoms with Crippen LogP contribution in [0.4, 0.5) is 0 Å². The number of carbonyl (C=O) groups is 2. The SMILES string of the molecule is CCCCCC(NC)C(C)=O.CNC(CCCCN)C(=O)O. The van der Waals surface area contributed by atoms with E-state index in [1.807, 2.05) is 7.05 Å². The molecule has 6 nitrogen and oxygen atoms in total. The molecule has 0 spiro atoms. The van der Waals surface area contributed by atoms with Crippen LogP contribution in [0.25, 0.3) is 0 Å². The van der Waals surface area contributed by atoms with Crippen LogP contribution < -0.4 is 16.4 Å². The summed E-state index contributed by atoms with van der Waals surface area (Å²) in [6.07, 6.45) is 7.00. The van der Waals surface area contributed by atoms with Crippen molar-refractivity contribution in [1.82, 2.24) is 10.6 Å². The van der Waals surface area contributed by atoms with E-state index < -0.39 is 12.0 Å². The van der Waals surface area contributed by atoms with Crippen LogP contribution in [-0.2, 0) is 9.59 Å². The zero-order valence-corrected chi connectivity index (χ0v) is 14.7. The molecule has 0 saturated heterocycles. The van der Waals surface area contributed by atoms with Crippen LogP contribution in [0, 0.1) is 0 Å². The van der Waals surface area contributed by atoms with Gasteiger partial charge >= 0.3 is 5.97 Å². The van der Waals surface area contributed by atoms with E-state index in [0.717, 1.165) is 25.7 Å². The molecule has 0 aromatic carbocycles. The standard InChI is InChI=1S/C9H19NO.C7H16N2O2/c1-4-5-6-7-9(10-3)8(2)11;1-9-6(7(10)11)4-2-3-5-8/h9-10H,4-7H2,1-3H3;6,9H,2-5,8H2,1H3,(H,10,11). The number of nitrogens with two attached hydrogens (primary N) is 1. The van der Waals surface area contributed by atoms with Crippen LogP contribution in [-0.4, -0.2) is 49.6 Å². The smallest absolute Gasteiger partial charge is 0.320 e. The van der Waals surface area contributed by atoms with Gasteiger partial charge in [-0.05, 0) is 46.8 Å². The fourth-order valence-corrected chi connectivity index (χ4v) is 2.03. The largest absolute Gasteiger partial charge is 0.480 e. The molecular formula is C16H35N3O3. The van der Waals surface area contributed by atoms with Crippen molar-refractivity contribution in [3.8, 4) is 0 Å². The zero-order valence-electron chi connectivity index (χ0n) is 14.7. The highest BCUT2D eigenvalue weighted by atomic mass is 16.4. The van der Waals surface area contributed by atoms with Crippen LogP contribution in [0.3, 0.4) is 0 Å². The third kappa shape index (κ3) is 14.0. The second-order valence-electron chi connectivity index (χ2n) is 5.41. The molecule has 5 N–H and O–H groups in total. The van der Waals surface area contributed by atoms with Crippen molar-refractivity contribution in [2.75, 3.05) is 20.6 Å². The maximum absolute atomic E-state index is 10.9.